The van der Waals surface area contributed by atoms with Gasteiger partial charge in [-0.3, -0.25) is 14.5 Å². The van der Waals surface area contributed by atoms with Crippen molar-refractivity contribution in [2.45, 2.75) is 88.8 Å². The highest BCUT2D eigenvalue weighted by Crippen LogP contribution is 2.48. The van der Waals surface area contributed by atoms with Crippen LogP contribution in [0.3, 0.4) is 0 Å². The van der Waals surface area contributed by atoms with E-state index in [4.69, 9.17) is 16.3 Å². The van der Waals surface area contributed by atoms with E-state index in [0.29, 0.717) is 36.0 Å². The maximum Gasteiger partial charge on any atom is 0.264 e. The lowest BCUT2D eigenvalue weighted by Gasteiger charge is -2.50. The van der Waals surface area contributed by atoms with Crippen LogP contribution >= 0.6 is 11.6 Å². The van der Waals surface area contributed by atoms with Gasteiger partial charge in [0.15, 0.2) is 0 Å². The summed E-state index contributed by atoms with van der Waals surface area (Å²) in [5.41, 5.74) is 3.56. The van der Waals surface area contributed by atoms with Gasteiger partial charge < -0.3 is 19.4 Å². The van der Waals surface area contributed by atoms with Crippen molar-refractivity contribution in [1.82, 2.24) is 19.4 Å². The summed E-state index contributed by atoms with van der Waals surface area (Å²) < 4.78 is 36.4. The number of rotatable bonds is 2. The predicted molar refractivity (Wildman–Crippen MR) is 213 cm³/mol. The molecule has 8 rings (SSSR count). The van der Waals surface area contributed by atoms with Gasteiger partial charge in [0.1, 0.15) is 5.75 Å². The fourth-order valence-electron chi connectivity index (χ4n) is 10.7. The maximum absolute atomic E-state index is 13.6. The average Bonchev–Trinajstić information content (AvgIpc) is 3.28. The van der Waals surface area contributed by atoms with Crippen LogP contribution < -0.4 is 14.4 Å². The summed E-state index contributed by atoms with van der Waals surface area (Å²) in [6.45, 7) is 14.3. The Labute approximate surface area is 326 Å². The molecule has 1 N–H and O–H groups in total. The van der Waals surface area contributed by atoms with E-state index in [1.165, 1.54) is 24.0 Å². The Kier molecular flexibility index (Phi) is 10.7. The largest absolute Gasteiger partial charge is 0.490 e. The zero-order chi connectivity index (χ0) is 37.8. The number of nitrogens with one attached hydrogen (secondary N) is 1. The number of fused-ring (bicyclic) bond motifs is 5. The lowest BCUT2D eigenvalue weighted by molar-refractivity contribution is -0.133. The highest BCUT2D eigenvalue weighted by molar-refractivity contribution is 7.90. The summed E-state index contributed by atoms with van der Waals surface area (Å²) in [5.74, 6) is 1.78. The molecule has 2 amide bonds. The first-order valence-electron chi connectivity index (χ1n) is 20.5. The van der Waals surface area contributed by atoms with Gasteiger partial charge in [0.25, 0.3) is 5.91 Å². The maximum atomic E-state index is 13.6. The van der Waals surface area contributed by atoms with Crippen LogP contribution in [0, 0.1) is 23.7 Å². The van der Waals surface area contributed by atoms with Gasteiger partial charge in [-0.2, -0.15) is 0 Å². The number of anilines is 1. The van der Waals surface area contributed by atoms with Crippen LogP contribution in [0.25, 0.3) is 0 Å². The molecule has 6 aliphatic rings. The van der Waals surface area contributed by atoms with Crippen molar-refractivity contribution in [3.8, 4) is 5.75 Å². The molecule has 2 aromatic rings. The number of amides is 2. The molecule has 2 aromatic carbocycles. The van der Waals surface area contributed by atoms with Crippen molar-refractivity contribution >= 4 is 39.1 Å². The van der Waals surface area contributed by atoms with E-state index in [1.54, 1.807) is 19.9 Å². The molecule has 7 atom stereocenters. The molecular weight excluding hydrogens is 722 g/mol. The van der Waals surface area contributed by atoms with Crippen molar-refractivity contribution < 1.29 is 22.7 Å². The molecule has 12 heteroatoms. The van der Waals surface area contributed by atoms with Gasteiger partial charge in [0.05, 0.1) is 17.5 Å². The third-order valence-electron chi connectivity index (χ3n) is 14.3. The SMILES string of the molecule is CC(=O)N1CCN2CCN(C[C@H]3CCC[C@H](C)[C@@H](C)S(=O)(=O)NC(=O)c4ccc5c(c4)N(C[C@@H]4CC[C@@H]34)C[C@@]3(CCCc4cc(Cl)ccc43)CO5)C[C@@H]2C1. The summed E-state index contributed by atoms with van der Waals surface area (Å²) in [4.78, 5) is 35.7. The number of carbonyl (C=O) groups is 2. The Morgan fingerprint density at radius 1 is 0.981 bits per heavy atom. The molecule has 1 spiro atoms. The molecule has 4 aliphatic heterocycles. The summed E-state index contributed by atoms with van der Waals surface area (Å²) in [6.07, 6.45) is 8.21. The van der Waals surface area contributed by atoms with Crippen LogP contribution in [-0.2, 0) is 26.7 Å². The lowest BCUT2D eigenvalue weighted by atomic mass is 9.65. The van der Waals surface area contributed by atoms with E-state index in [-0.39, 0.29) is 17.2 Å². The highest BCUT2D eigenvalue weighted by atomic mass is 35.5. The number of piperazine rings is 2. The normalized spacial score (nSPS) is 33.3. The van der Waals surface area contributed by atoms with Crippen molar-refractivity contribution in [3.05, 3.63) is 58.1 Å². The fraction of sp³-hybridized carbons (Fsp3) is 0.667. The van der Waals surface area contributed by atoms with Crippen LogP contribution in [0.2, 0.25) is 5.02 Å². The number of halogens is 1. The number of benzene rings is 2. The highest BCUT2D eigenvalue weighted by Gasteiger charge is 2.45. The number of hydrogen-bond donors (Lipinski definition) is 1. The van der Waals surface area contributed by atoms with Gasteiger partial charge in [-0.25, -0.2) is 13.1 Å². The molecule has 0 unspecified atom stereocenters. The number of nitrogens with zero attached hydrogens (tertiary/aromatic N) is 4. The van der Waals surface area contributed by atoms with E-state index >= 15 is 0 Å². The van der Waals surface area contributed by atoms with Gasteiger partial charge in [0.2, 0.25) is 15.9 Å². The topological polar surface area (TPSA) is 102 Å². The third kappa shape index (κ3) is 7.51. The first-order chi connectivity index (χ1) is 25.9. The molecule has 10 nitrogen and oxygen atoms in total. The standard InChI is InChI=1S/C42H58ClN5O5S/c1-28-6-4-7-33(22-45-16-17-46-18-19-47(30(3)49)25-36(46)24-45)37-12-9-34(37)23-48-26-42(15-5-8-31-20-35(43)11-13-38(31)42)27-53-40-14-10-32(21-39(40)48)41(50)44-54(51,52)29(28)2/h10-11,13-14,20-21,28-29,33-34,36-37H,4-9,12,15-19,22-27H2,1-3H3,(H,44,50)/t28-,29+,33+,34-,36+,37-,42-/m0/s1. The van der Waals surface area contributed by atoms with Crippen LogP contribution in [-0.4, -0.2) is 112 Å². The van der Waals surface area contributed by atoms with Crippen LogP contribution in [0.4, 0.5) is 5.69 Å². The molecule has 54 heavy (non-hydrogen) atoms. The number of ether oxygens (including phenoxy) is 1. The van der Waals surface area contributed by atoms with Crippen molar-refractivity contribution in [2.75, 3.05) is 70.4 Å². The minimum atomic E-state index is -3.90. The summed E-state index contributed by atoms with van der Waals surface area (Å²) in [5, 5.41) is 0.0561. The zero-order valence-electron chi connectivity index (χ0n) is 32.3. The Hall–Kier alpha value is -2.86. The average molecular weight is 780 g/mol. The first kappa shape index (κ1) is 38.0. The van der Waals surface area contributed by atoms with Crippen LogP contribution in [0.1, 0.15) is 87.2 Å². The molecule has 2 saturated heterocycles. The molecule has 0 radical (unpaired) electrons. The lowest BCUT2D eigenvalue weighted by Crippen LogP contribution is -2.63. The second kappa shape index (κ2) is 15.2. The van der Waals surface area contributed by atoms with E-state index < -0.39 is 21.2 Å². The number of carbonyl (C=O) groups excluding carboxylic acids is 2. The van der Waals surface area contributed by atoms with E-state index in [2.05, 4.69) is 31.6 Å². The summed E-state index contributed by atoms with van der Waals surface area (Å²) in [6, 6.07) is 12.1. The van der Waals surface area contributed by atoms with Gasteiger partial charge >= 0.3 is 0 Å². The summed E-state index contributed by atoms with van der Waals surface area (Å²) in [7, 11) is -3.90. The predicted octanol–water partition coefficient (Wildman–Crippen LogP) is 5.57. The molecule has 294 valence electrons. The van der Waals surface area contributed by atoms with Gasteiger partial charge in [-0.1, -0.05) is 31.0 Å². The zero-order valence-corrected chi connectivity index (χ0v) is 33.8. The Morgan fingerprint density at radius 3 is 2.61 bits per heavy atom. The molecule has 2 bridgehead atoms. The smallest absolute Gasteiger partial charge is 0.264 e. The summed E-state index contributed by atoms with van der Waals surface area (Å²) >= 11 is 6.51. The van der Waals surface area contributed by atoms with E-state index in [0.717, 1.165) is 114 Å². The molecule has 0 aromatic heterocycles. The van der Waals surface area contributed by atoms with E-state index in [1.807, 2.05) is 30.0 Å². The van der Waals surface area contributed by atoms with Crippen LogP contribution in [0.15, 0.2) is 36.4 Å². The van der Waals surface area contributed by atoms with Crippen molar-refractivity contribution in [1.29, 1.82) is 0 Å². The second-order valence-corrected chi connectivity index (χ2v) is 20.0. The number of hydrogen-bond acceptors (Lipinski definition) is 8. The molecule has 1 saturated carbocycles. The van der Waals surface area contributed by atoms with Gasteiger partial charge in [0, 0.05) is 87.9 Å². The Morgan fingerprint density at radius 2 is 1.81 bits per heavy atom. The number of aryl methyl sites for hydroxylation is 1. The van der Waals surface area contributed by atoms with Gasteiger partial charge in [-0.05, 0) is 117 Å². The Bertz CT molecular complexity index is 1860. The Balaban J connectivity index is 1.12. The monoisotopic (exact) mass is 779 g/mol. The third-order valence-corrected chi connectivity index (χ3v) is 16.5. The second-order valence-electron chi connectivity index (χ2n) is 17.6. The minimum absolute atomic E-state index is 0.0928. The molecule has 2 aliphatic carbocycles. The van der Waals surface area contributed by atoms with E-state index in [9.17, 15) is 18.0 Å². The fourth-order valence-corrected chi connectivity index (χ4v) is 12.3. The number of sulfonamides is 1. The molecular formula is C42H58ClN5O5S. The van der Waals surface area contributed by atoms with Crippen molar-refractivity contribution in [3.63, 3.8) is 0 Å². The quantitative estimate of drug-likeness (QED) is 0.423. The first-order valence-corrected chi connectivity index (χ1v) is 22.4. The molecule has 3 fully saturated rings. The minimum Gasteiger partial charge on any atom is -0.490 e. The molecule has 4 heterocycles. The van der Waals surface area contributed by atoms with Gasteiger partial charge in [-0.15, -0.1) is 0 Å². The van der Waals surface area contributed by atoms with Crippen LogP contribution in [0.5, 0.6) is 5.75 Å². The van der Waals surface area contributed by atoms with Crippen molar-refractivity contribution in [2.24, 2.45) is 23.7 Å².